The normalized spacial score (nSPS) is 11.2. The van der Waals surface area contributed by atoms with E-state index >= 15 is 0 Å². The zero-order chi connectivity index (χ0) is 23.8. The second-order valence-corrected chi connectivity index (χ2v) is 7.81. The first kappa shape index (κ1) is 23.5. The Labute approximate surface area is 193 Å². The molecule has 0 aliphatic heterocycles. The Morgan fingerprint density at radius 2 is 1.48 bits per heavy atom. The van der Waals surface area contributed by atoms with Gasteiger partial charge in [0.15, 0.2) is 0 Å². The maximum Gasteiger partial charge on any atom is 0.319 e. The maximum absolute atomic E-state index is 13.1. The van der Waals surface area contributed by atoms with Crippen molar-refractivity contribution in [2.75, 3.05) is 22.1 Å². The number of aryl methyl sites for hydroxylation is 2. The molecule has 170 valence electrons. The van der Waals surface area contributed by atoms with Gasteiger partial charge in [-0.15, -0.1) is 0 Å². The molecular formula is C26H28N4O3. The van der Waals surface area contributed by atoms with E-state index in [2.05, 4.69) is 16.0 Å². The molecule has 0 saturated heterocycles. The Hall–Kier alpha value is -4.13. The number of hydrogen-bond acceptors (Lipinski definition) is 3. The van der Waals surface area contributed by atoms with Crippen LogP contribution < -0.4 is 20.9 Å². The molecule has 7 nitrogen and oxygen atoms in total. The van der Waals surface area contributed by atoms with Gasteiger partial charge in [-0.05, 0) is 62.7 Å². The van der Waals surface area contributed by atoms with Gasteiger partial charge in [-0.2, -0.15) is 0 Å². The molecule has 0 radical (unpaired) electrons. The van der Waals surface area contributed by atoms with E-state index in [1.165, 1.54) is 4.90 Å². The lowest BCUT2D eigenvalue weighted by Crippen LogP contribution is -2.50. The van der Waals surface area contributed by atoms with Crippen LogP contribution in [0.25, 0.3) is 0 Å². The first-order chi connectivity index (χ1) is 15.8. The summed E-state index contributed by atoms with van der Waals surface area (Å²) in [6.07, 6.45) is 0. The standard InChI is InChI=1S/C26H28N4O3/c1-18-12-14-21(15-13-18)28-25(32)20(3)30(23-10-5-4-6-11-23)24(31)17-27-26(33)29-22-9-7-8-19(2)16-22/h4-16,20H,17H2,1-3H3,(H,28,32)(H2,27,29,33). The second kappa shape index (κ2) is 10.9. The summed E-state index contributed by atoms with van der Waals surface area (Å²) in [5, 5.41) is 8.13. The van der Waals surface area contributed by atoms with Crippen LogP contribution in [0.2, 0.25) is 0 Å². The molecule has 3 aromatic carbocycles. The molecule has 0 fully saturated rings. The molecule has 0 aliphatic rings. The van der Waals surface area contributed by atoms with E-state index < -0.39 is 18.0 Å². The molecule has 33 heavy (non-hydrogen) atoms. The molecule has 7 heteroatoms. The highest BCUT2D eigenvalue weighted by atomic mass is 16.2. The number of nitrogens with one attached hydrogen (secondary N) is 3. The third kappa shape index (κ3) is 6.67. The Balaban J connectivity index is 1.69. The summed E-state index contributed by atoms with van der Waals surface area (Å²) in [6.45, 7) is 5.27. The summed E-state index contributed by atoms with van der Waals surface area (Å²) in [6, 6.07) is 22.4. The molecule has 0 spiro atoms. The van der Waals surface area contributed by atoms with Crippen LogP contribution in [-0.4, -0.2) is 30.4 Å². The zero-order valence-electron chi connectivity index (χ0n) is 19.0. The molecule has 3 aromatic rings. The third-order valence-electron chi connectivity index (χ3n) is 5.07. The lowest BCUT2D eigenvalue weighted by Gasteiger charge is -2.28. The highest BCUT2D eigenvalue weighted by Gasteiger charge is 2.27. The minimum absolute atomic E-state index is 0.269. The molecular weight excluding hydrogens is 416 g/mol. The van der Waals surface area contributed by atoms with E-state index in [0.29, 0.717) is 17.1 Å². The van der Waals surface area contributed by atoms with E-state index in [-0.39, 0.29) is 12.5 Å². The minimum atomic E-state index is -0.803. The topological polar surface area (TPSA) is 90.5 Å². The van der Waals surface area contributed by atoms with Crippen molar-refractivity contribution in [2.24, 2.45) is 0 Å². The van der Waals surface area contributed by atoms with Gasteiger partial charge < -0.3 is 16.0 Å². The first-order valence-electron chi connectivity index (χ1n) is 10.7. The summed E-state index contributed by atoms with van der Waals surface area (Å²) in [5.74, 6) is -0.743. The Morgan fingerprint density at radius 1 is 0.788 bits per heavy atom. The van der Waals surface area contributed by atoms with Crippen LogP contribution in [0.15, 0.2) is 78.9 Å². The summed E-state index contributed by atoms with van der Waals surface area (Å²) >= 11 is 0. The number of benzene rings is 3. The molecule has 1 unspecified atom stereocenters. The van der Waals surface area contributed by atoms with Gasteiger partial charge in [0.2, 0.25) is 11.8 Å². The molecule has 3 rings (SSSR count). The molecule has 0 heterocycles. The Bertz CT molecular complexity index is 1110. The van der Waals surface area contributed by atoms with Gasteiger partial charge in [-0.1, -0.05) is 48.0 Å². The van der Waals surface area contributed by atoms with Crippen molar-refractivity contribution in [3.63, 3.8) is 0 Å². The monoisotopic (exact) mass is 444 g/mol. The minimum Gasteiger partial charge on any atom is -0.329 e. The summed E-state index contributed by atoms with van der Waals surface area (Å²) in [4.78, 5) is 39.7. The number of amides is 4. The number of para-hydroxylation sites is 1. The summed E-state index contributed by atoms with van der Waals surface area (Å²) < 4.78 is 0. The van der Waals surface area contributed by atoms with Gasteiger partial charge in [-0.25, -0.2) is 4.79 Å². The van der Waals surface area contributed by atoms with Gasteiger partial charge >= 0.3 is 6.03 Å². The predicted octanol–water partition coefficient (Wildman–Crippen LogP) is 4.49. The predicted molar refractivity (Wildman–Crippen MR) is 131 cm³/mol. The molecule has 0 aliphatic carbocycles. The number of nitrogens with zero attached hydrogens (tertiary/aromatic N) is 1. The molecule has 3 N–H and O–H groups in total. The molecule has 0 bridgehead atoms. The van der Waals surface area contributed by atoms with E-state index in [1.54, 1.807) is 37.3 Å². The van der Waals surface area contributed by atoms with Crippen LogP contribution in [0.5, 0.6) is 0 Å². The summed E-state index contributed by atoms with van der Waals surface area (Å²) in [5.41, 5.74) is 3.93. The molecule has 0 saturated carbocycles. The molecule has 4 amide bonds. The van der Waals surface area contributed by atoms with Gasteiger partial charge in [0.25, 0.3) is 0 Å². The van der Waals surface area contributed by atoms with E-state index in [4.69, 9.17) is 0 Å². The fourth-order valence-electron chi connectivity index (χ4n) is 3.31. The van der Waals surface area contributed by atoms with Crippen LogP contribution in [-0.2, 0) is 9.59 Å². The fourth-order valence-corrected chi connectivity index (χ4v) is 3.31. The van der Waals surface area contributed by atoms with Gasteiger partial charge in [0, 0.05) is 17.1 Å². The number of rotatable bonds is 7. The van der Waals surface area contributed by atoms with Crippen molar-refractivity contribution in [3.05, 3.63) is 90.0 Å². The Morgan fingerprint density at radius 3 is 2.15 bits per heavy atom. The van der Waals surface area contributed by atoms with Crippen molar-refractivity contribution in [1.29, 1.82) is 0 Å². The van der Waals surface area contributed by atoms with Crippen LogP contribution in [0, 0.1) is 13.8 Å². The van der Waals surface area contributed by atoms with Crippen molar-refractivity contribution in [2.45, 2.75) is 26.8 Å². The van der Waals surface area contributed by atoms with Crippen molar-refractivity contribution in [1.82, 2.24) is 5.32 Å². The number of carbonyl (C=O) groups excluding carboxylic acids is 3. The Kier molecular flexibility index (Phi) is 7.81. The highest BCUT2D eigenvalue weighted by molar-refractivity contribution is 6.06. The maximum atomic E-state index is 13.1. The first-order valence-corrected chi connectivity index (χ1v) is 10.7. The number of anilines is 3. The SMILES string of the molecule is Cc1ccc(NC(=O)C(C)N(C(=O)CNC(=O)Nc2cccc(C)c2)c2ccccc2)cc1. The van der Waals surface area contributed by atoms with E-state index in [0.717, 1.165) is 11.1 Å². The number of hydrogen-bond donors (Lipinski definition) is 3. The van der Waals surface area contributed by atoms with Crippen LogP contribution in [0.3, 0.4) is 0 Å². The zero-order valence-corrected chi connectivity index (χ0v) is 19.0. The fraction of sp³-hybridized carbons (Fsp3) is 0.192. The van der Waals surface area contributed by atoms with Crippen molar-refractivity contribution in [3.8, 4) is 0 Å². The second-order valence-electron chi connectivity index (χ2n) is 7.81. The number of carbonyl (C=O) groups is 3. The largest absolute Gasteiger partial charge is 0.329 e. The van der Waals surface area contributed by atoms with E-state index in [1.807, 2.05) is 62.4 Å². The third-order valence-corrected chi connectivity index (χ3v) is 5.07. The van der Waals surface area contributed by atoms with Crippen molar-refractivity contribution >= 4 is 34.9 Å². The molecule has 1 atom stereocenters. The van der Waals surface area contributed by atoms with Crippen molar-refractivity contribution < 1.29 is 14.4 Å². The number of urea groups is 1. The van der Waals surface area contributed by atoms with Gasteiger partial charge in [0.1, 0.15) is 6.04 Å². The molecule has 0 aromatic heterocycles. The van der Waals surface area contributed by atoms with E-state index in [9.17, 15) is 14.4 Å². The van der Waals surface area contributed by atoms with Gasteiger partial charge in [-0.3, -0.25) is 14.5 Å². The summed E-state index contributed by atoms with van der Waals surface area (Å²) in [7, 11) is 0. The van der Waals surface area contributed by atoms with Crippen LogP contribution >= 0.6 is 0 Å². The average molecular weight is 445 g/mol. The highest BCUT2D eigenvalue weighted by Crippen LogP contribution is 2.18. The lowest BCUT2D eigenvalue weighted by atomic mass is 10.2. The quantitative estimate of drug-likeness (QED) is 0.502. The van der Waals surface area contributed by atoms with Crippen LogP contribution in [0.4, 0.5) is 21.9 Å². The van der Waals surface area contributed by atoms with Crippen LogP contribution in [0.1, 0.15) is 18.1 Å². The lowest BCUT2D eigenvalue weighted by molar-refractivity contribution is -0.122. The smallest absolute Gasteiger partial charge is 0.319 e. The van der Waals surface area contributed by atoms with Gasteiger partial charge in [0.05, 0.1) is 6.54 Å². The average Bonchev–Trinajstić information content (AvgIpc) is 2.80.